The van der Waals surface area contributed by atoms with Crippen LogP contribution >= 0.6 is 34.5 Å². The van der Waals surface area contributed by atoms with Crippen LogP contribution in [0.2, 0.25) is 10.3 Å². The number of aliphatic hydroxyl groups excluding tert-OH is 1. The summed E-state index contributed by atoms with van der Waals surface area (Å²) in [5.74, 6) is -1.14. The number of aromatic nitrogens is 2. The topological polar surface area (TPSA) is 84.7 Å². The van der Waals surface area contributed by atoms with Crippen molar-refractivity contribution in [2.24, 2.45) is 4.99 Å². The Balaban J connectivity index is 2.47. The summed E-state index contributed by atoms with van der Waals surface area (Å²) in [5, 5.41) is 12.7. The van der Waals surface area contributed by atoms with Gasteiger partial charge in [-0.3, -0.25) is 0 Å². The van der Waals surface area contributed by atoms with Crippen LogP contribution in [0.4, 0.5) is 5.13 Å². The van der Waals surface area contributed by atoms with Gasteiger partial charge in [-0.2, -0.15) is 0 Å². The largest absolute Gasteiger partial charge is 0.506 e. The first kappa shape index (κ1) is 17.4. The van der Waals surface area contributed by atoms with Crippen LogP contribution in [0.25, 0.3) is 5.76 Å². The Hall–Kier alpha value is -1.96. The second-order valence-corrected chi connectivity index (χ2v) is 5.65. The Bertz CT molecular complexity index is 761. The first-order valence-electron chi connectivity index (χ1n) is 6.39. The van der Waals surface area contributed by atoms with E-state index in [-0.39, 0.29) is 28.0 Å². The monoisotopic (exact) mass is 371 g/mol. The third-order valence-electron chi connectivity index (χ3n) is 2.54. The predicted octanol–water partition coefficient (Wildman–Crippen LogP) is 4.08. The summed E-state index contributed by atoms with van der Waals surface area (Å²) < 4.78 is 4.93. The zero-order valence-electron chi connectivity index (χ0n) is 11.9. The highest BCUT2D eigenvalue weighted by Crippen LogP contribution is 2.25. The van der Waals surface area contributed by atoms with E-state index in [1.165, 1.54) is 29.7 Å². The van der Waals surface area contributed by atoms with Crippen molar-refractivity contribution in [2.75, 3.05) is 6.61 Å². The zero-order valence-corrected chi connectivity index (χ0v) is 14.2. The molecule has 0 aliphatic carbocycles. The Morgan fingerprint density at radius 3 is 2.87 bits per heavy atom. The van der Waals surface area contributed by atoms with Crippen LogP contribution in [-0.4, -0.2) is 33.9 Å². The fraction of sp³-hybridized carbons (Fsp3) is 0.143. The maximum Gasteiger partial charge on any atom is 0.343 e. The number of esters is 1. The number of pyridine rings is 1. The molecule has 2 heterocycles. The molecule has 0 radical (unpaired) electrons. The van der Waals surface area contributed by atoms with Crippen molar-refractivity contribution >= 4 is 57.6 Å². The SMILES string of the molecule is CCOC(=O)C(/C=N/c1nccs1)=C(\O)c1ccc(Cl)nc1Cl. The van der Waals surface area contributed by atoms with E-state index in [0.717, 1.165) is 0 Å². The van der Waals surface area contributed by atoms with Crippen molar-refractivity contribution in [3.05, 3.63) is 45.2 Å². The van der Waals surface area contributed by atoms with Gasteiger partial charge in [0.15, 0.2) is 0 Å². The van der Waals surface area contributed by atoms with Gasteiger partial charge in [0.25, 0.3) is 0 Å². The summed E-state index contributed by atoms with van der Waals surface area (Å²) in [6.07, 6.45) is 2.75. The van der Waals surface area contributed by atoms with Crippen LogP contribution < -0.4 is 0 Å². The molecule has 0 aliphatic rings. The molecule has 2 rings (SSSR count). The standard InChI is InChI=1S/C14H11Cl2N3O3S/c1-2-22-13(21)9(7-18-14-17-5-6-23-14)11(20)8-3-4-10(15)19-12(8)16/h3-7,20H,2H2,1H3/b11-9-,18-7+. The van der Waals surface area contributed by atoms with Gasteiger partial charge in [-0.25, -0.2) is 19.8 Å². The Morgan fingerprint density at radius 1 is 1.48 bits per heavy atom. The second kappa shape index (κ2) is 8.05. The van der Waals surface area contributed by atoms with Crippen LogP contribution in [-0.2, 0) is 9.53 Å². The molecule has 0 amide bonds. The molecule has 0 fully saturated rings. The number of hydrogen-bond acceptors (Lipinski definition) is 7. The summed E-state index contributed by atoms with van der Waals surface area (Å²) in [4.78, 5) is 23.9. The van der Waals surface area contributed by atoms with Crippen molar-refractivity contribution in [1.29, 1.82) is 0 Å². The highest BCUT2D eigenvalue weighted by atomic mass is 35.5. The molecule has 2 aromatic heterocycles. The Morgan fingerprint density at radius 2 is 2.26 bits per heavy atom. The number of ether oxygens (including phenoxy) is 1. The maximum absolute atomic E-state index is 12.1. The molecule has 0 atom stereocenters. The first-order valence-corrected chi connectivity index (χ1v) is 8.02. The lowest BCUT2D eigenvalue weighted by molar-refractivity contribution is -0.137. The molecule has 0 saturated carbocycles. The van der Waals surface area contributed by atoms with E-state index >= 15 is 0 Å². The number of aliphatic hydroxyl groups is 1. The van der Waals surface area contributed by atoms with E-state index in [2.05, 4.69) is 15.0 Å². The van der Waals surface area contributed by atoms with Gasteiger partial charge in [0, 0.05) is 17.8 Å². The second-order valence-electron chi connectivity index (χ2n) is 4.03. The summed E-state index contributed by atoms with van der Waals surface area (Å²) in [7, 11) is 0. The number of carbonyl (C=O) groups excluding carboxylic acids is 1. The lowest BCUT2D eigenvalue weighted by Gasteiger charge is -2.08. The van der Waals surface area contributed by atoms with E-state index in [0.29, 0.717) is 5.13 Å². The Kier molecular flexibility index (Phi) is 6.09. The Labute approximate surface area is 146 Å². The highest BCUT2D eigenvalue weighted by molar-refractivity contribution is 7.13. The number of rotatable bonds is 5. The molecule has 0 aliphatic heterocycles. The minimum Gasteiger partial charge on any atom is -0.506 e. The number of thiazole rings is 1. The van der Waals surface area contributed by atoms with Crippen molar-refractivity contribution in [3.8, 4) is 0 Å². The van der Waals surface area contributed by atoms with Gasteiger partial charge in [-0.15, -0.1) is 11.3 Å². The zero-order chi connectivity index (χ0) is 16.8. The quantitative estimate of drug-likeness (QED) is 0.281. The van der Waals surface area contributed by atoms with Crippen LogP contribution in [0.5, 0.6) is 0 Å². The molecular formula is C14H11Cl2N3O3S. The van der Waals surface area contributed by atoms with Gasteiger partial charge in [0.1, 0.15) is 21.6 Å². The molecule has 0 saturated heterocycles. The van der Waals surface area contributed by atoms with E-state index in [9.17, 15) is 9.90 Å². The summed E-state index contributed by atoms with van der Waals surface area (Å²) in [5.41, 5.74) is -0.0159. The van der Waals surface area contributed by atoms with Gasteiger partial charge in [0.2, 0.25) is 5.13 Å². The molecule has 9 heteroatoms. The predicted molar refractivity (Wildman–Crippen MR) is 90.7 cm³/mol. The average molecular weight is 372 g/mol. The maximum atomic E-state index is 12.1. The lowest BCUT2D eigenvalue weighted by Crippen LogP contribution is -2.11. The van der Waals surface area contributed by atoms with E-state index in [1.807, 2.05) is 0 Å². The van der Waals surface area contributed by atoms with E-state index in [4.69, 9.17) is 27.9 Å². The molecular weight excluding hydrogens is 361 g/mol. The number of carbonyl (C=O) groups is 1. The summed E-state index contributed by atoms with van der Waals surface area (Å²) in [6, 6.07) is 2.89. The number of aliphatic imine (C=N–C) groups is 1. The van der Waals surface area contributed by atoms with Crippen LogP contribution in [0.3, 0.4) is 0 Å². The number of halogens is 2. The minimum atomic E-state index is -0.740. The number of hydrogen-bond donors (Lipinski definition) is 1. The molecule has 1 N–H and O–H groups in total. The average Bonchev–Trinajstić information content (AvgIpc) is 3.01. The van der Waals surface area contributed by atoms with Crippen molar-refractivity contribution < 1.29 is 14.6 Å². The third kappa shape index (κ3) is 4.51. The fourth-order valence-corrected chi connectivity index (χ4v) is 2.47. The molecule has 6 nitrogen and oxygen atoms in total. The molecule has 120 valence electrons. The highest BCUT2D eigenvalue weighted by Gasteiger charge is 2.19. The molecule has 23 heavy (non-hydrogen) atoms. The number of nitrogens with zero attached hydrogens (tertiary/aromatic N) is 3. The molecule has 0 bridgehead atoms. The van der Waals surface area contributed by atoms with Gasteiger partial charge in [0.05, 0.1) is 12.2 Å². The van der Waals surface area contributed by atoms with Gasteiger partial charge in [-0.1, -0.05) is 23.2 Å². The van der Waals surface area contributed by atoms with Gasteiger partial charge < -0.3 is 9.84 Å². The van der Waals surface area contributed by atoms with Crippen molar-refractivity contribution in [1.82, 2.24) is 9.97 Å². The van der Waals surface area contributed by atoms with Crippen molar-refractivity contribution in [3.63, 3.8) is 0 Å². The van der Waals surface area contributed by atoms with Gasteiger partial charge in [-0.05, 0) is 19.1 Å². The van der Waals surface area contributed by atoms with Gasteiger partial charge >= 0.3 is 5.97 Å². The lowest BCUT2D eigenvalue weighted by atomic mass is 10.1. The summed E-state index contributed by atoms with van der Waals surface area (Å²) >= 11 is 13.0. The summed E-state index contributed by atoms with van der Waals surface area (Å²) in [6.45, 7) is 1.80. The normalized spacial score (nSPS) is 12.3. The van der Waals surface area contributed by atoms with E-state index < -0.39 is 11.7 Å². The molecule has 2 aromatic rings. The minimum absolute atomic E-state index is 0.0422. The fourth-order valence-electron chi connectivity index (χ4n) is 1.55. The van der Waals surface area contributed by atoms with Crippen molar-refractivity contribution in [2.45, 2.75) is 6.92 Å². The van der Waals surface area contributed by atoms with Crippen LogP contribution in [0.15, 0.2) is 34.3 Å². The molecule has 0 aromatic carbocycles. The van der Waals surface area contributed by atoms with Crippen LogP contribution in [0, 0.1) is 0 Å². The molecule has 0 unspecified atom stereocenters. The molecule has 0 spiro atoms. The van der Waals surface area contributed by atoms with E-state index in [1.54, 1.807) is 18.5 Å². The first-order chi connectivity index (χ1) is 11.0. The smallest absolute Gasteiger partial charge is 0.343 e. The third-order valence-corrected chi connectivity index (χ3v) is 3.72. The van der Waals surface area contributed by atoms with Crippen LogP contribution in [0.1, 0.15) is 12.5 Å².